The highest BCUT2D eigenvalue weighted by atomic mass is 32.2. The zero-order valence-electron chi connectivity index (χ0n) is 30.3. The number of ketones is 1. The van der Waals surface area contributed by atoms with E-state index in [1.54, 1.807) is 27.7 Å². The number of carbonyl (C=O) groups excluding carboxylic acids is 5. The lowest BCUT2D eigenvalue weighted by Gasteiger charge is -2.40. The molecule has 0 aromatic carbocycles. The average Bonchev–Trinajstić information content (AvgIpc) is 3.52. The number of Topliss-reactive ketones (excluding diaryl/α,β-unsaturated/α-hetero) is 1. The third-order valence-corrected chi connectivity index (χ3v) is 13.3. The molecule has 12 nitrogen and oxygen atoms in total. The minimum Gasteiger partial charge on any atom is -0.346 e. The molecular formula is C35H56F3N5O7S. The van der Waals surface area contributed by atoms with Gasteiger partial charge in [0.25, 0.3) is 5.91 Å². The van der Waals surface area contributed by atoms with Crippen LogP contribution in [0, 0.1) is 11.8 Å². The summed E-state index contributed by atoms with van der Waals surface area (Å²) in [4.78, 5) is 67.9. The van der Waals surface area contributed by atoms with Gasteiger partial charge in [0, 0.05) is 13.1 Å². The normalized spacial score (nSPS) is 22.7. The second-order valence-corrected chi connectivity index (χ2v) is 18.1. The van der Waals surface area contributed by atoms with Crippen molar-refractivity contribution in [2.45, 2.75) is 146 Å². The molecule has 16 heteroatoms. The standard InChI is InChI=1S/C35H56F3N5O7S/c1-6-14-25(28(44)30(46)39-19-7-2)40-29(45)26-20-24(35(36,37)38)21-43(26)31(47)27(23-15-10-8-11-16-23)41-32(48)42-34(17-12-9-13-18-34)22-51(49,50)33(3,4)5/h7,23-27H,2,6,8-22H2,1,3-5H3,(H,39,46)(H,40,45)(H2,41,42,48)/t24-,25?,26+,27+/m1/s1. The van der Waals surface area contributed by atoms with Gasteiger partial charge in [-0.05, 0) is 65.2 Å². The lowest BCUT2D eigenvalue weighted by atomic mass is 9.82. The van der Waals surface area contributed by atoms with E-state index in [2.05, 4.69) is 27.8 Å². The number of nitrogens with one attached hydrogen (secondary N) is 4. The van der Waals surface area contributed by atoms with Crippen LogP contribution in [0.5, 0.6) is 0 Å². The molecule has 3 rings (SSSR count). The third-order valence-electron chi connectivity index (χ3n) is 10.5. The number of likely N-dealkylation sites (tertiary alicyclic amines) is 1. The van der Waals surface area contributed by atoms with Gasteiger partial charge in [0.1, 0.15) is 12.1 Å². The molecule has 1 heterocycles. The molecule has 3 aliphatic rings. The van der Waals surface area contributed by atoms with Gasteiger partial charge in [-0.15, -0.1) is 6.58 Å². The number of carbonyl (C=O) groups is 5. The second kappa shape index (κ2) is 17.6. The molecule has 0 aromatic rings. The molecule has 290 valence electrons. The van der Waals surface area contributed by atoms with E-state index in [9.17, 15) is 45.6 Å². The van der Waals surface area contributed by atoms with E-state index in [-0.39, 0.29) is 18.7 Å². The molecule has 4 N–H and O–H groups in total. The number of amides is 5. The summed E-state index contributed by atoms with van der Waals surface area (Å²) in [6.07, 6.45) is 2.69. The first-order valence-corrected chi connectivity index (χ1v) is 19.8. The highest BCUT2D eigenvalue weighted by Gasteiger charge is 2.53. The molecule has 5 amide bonds. The number of alkyl halides is 3. The Labute approximate surface area is 299 Å². The fraction of sp³-hybridized carbons (Fsp3) is 0.800. The predicted octanol–water partition coefficient (Wildman–Crippen LogP) is 4.09. The quantitative estimate of drug-likeness (QED) is 0.153. The van der Waals surface area contributed by atoms with Gasteiger partial charge in [-0.2, -0.15) is 13.2 Å². The van der Waals surface area contributed by atoms with E-state index < -0.39 is 98.8 Å². The van der Waals surface area contributed by atoms with Crippen LogP contribution in [0.3, 0.4) is 0 Å². The first kappa shape index (κ1) is 42.2. The Kier molecular flexibility index (Phi) is 14.6. The Morgan fingerprint density at radius 1 is 0.961 bits per heavy atom. The van der Waals surface area contributed by atoms with Gasteiger partial charge in [-0.3, -0.25) is 19.2 Å². The van der Waals surface area contributed by atoms with Crippen LogP contribution >= 0.6 is 0 Å². The van der Waals surface area contributed by atoms with Gasteiger partial charge in [-0.1, -0.05) is 57.9 Å². The fourth-order valence-electron chi connectivity index (χ4n) is 7.36. The maximum atomic E-state index is 14.4. The Hall–Kier alpha value is -3.17. The van der Waals surface area contributed by atoms with Crippen molar-refractivity contribution >= 4 is 39.4 Å². The van der Waals surface area contributed by atoms with Crippen LogP contribution in [0.1, 0.15) is 111 Å². The van der Waals surface area contributed by atoms with Crippen LogP contribution in [0.4, 0.5) is 18.0 Å². The zero-order valence-corrected chi connectivity index (χ0v) is 31.1. The minimum atomic E-state index is -4.74. The molecular weight excluding hydrogens is 691 g/mol. The highest BCUT2D eigenvalue weighted by molar-refractivity contribution is 7.92. The van der Waals surface area contributed by atoms with Crippen LogP contribution in [0.2, 0.25) is 0 Å². The number of urea groups is 1. The zero-order chi connectivity index (χ0) is 38.2. The Balaban J connectivity index is 1.92. The Morgan fingerprint density at radius 2 is 1.57 bits per heavy atom. The van der Waals surface area contributed by atoms with Crippen molar-refractivity contribution in [3.8, 4) is 0 Å². The van der Waals surface area contributed by atoms with Crippen molar-refractivity contribution in [3.63, 3.8) is 0 Å². The molecule has 3 fully saturated rings. The van der Waals surface area contributed by atoms with E-state index in [1.807, 2.05) is 0 Å². The summed E-state index contributed by atoms with van der Waals surface area (Å²) >= 11 is 0. The largest absolute Gasteiger partial charge is 0.393 e. The lowest BCUT2D eigenvalue weighted by Crippen LogP contribution is -2.62. The monoisotopic (exact) mass is 747 g/mol. The van der Waals surface area contributed by atoms with Crippen molar-refractivity contribution in [3.05, 3.63) is 12.7 Å². The maximum Gasteiger partial charge on any atom is 0.393 e. The lowest BCUT2D eigenvalue weighted by molar-refractivity contribution is -0.171. The number of sulfone groups is 1. The second-order valence-electron chi connectivity index (χ2n) is 15.4. The minimum absolute atomic E-state index is 0.00775. The number of hydrogen-bond donors (Lipinski definition) is 4. The van der Waals surface area contributed by atoms with E-state index in [0.717, 1.165) is 30.6 Å². The number of halogens is 3. The maximum absolute atomic E-state index is 14.4. The van der Waals surface area contributed by atoms with Gasteiger partial charge in [0.05, 0.1) is 28.0 Å². The first-order valence-electron chi connectivity index (χ1n) is 18.2. The van der Waals surface area contributed by atoms with Crippen molar-refractivity contribution in [2.75, 3.05) is 18.8 Å². The van der Waals surface area contributed by atoms with E-state index >= 15 is 0 Å². The molecule has 4 atom stereocenters. The molecule has 0 spiro atoms. The number of rotatable bonds is 14. The molecule has 1 aliphatic heterocycles. The van der Waals surface area contributed by atoms with Gasteiger partial charge in [0.15, 0.2) is 9.84 Å². The van der Waals surface area contributed by atoms with Crippen molar-refractivity contribution in [1.82, 2.24) is 26.2 Å². The van der Waals surface area contributed by atoms with Crippen LogP contribution < -0.4 is 21.3 Å². The van der Waals surface area contributed by atoms with Crippen molar-refractivity contribution in [2.24, 2.45) is 11.8 Å². The summed E-state index contributed by atoms with van der Waals surface area (Å²) in [7, 11) is -3.67. The molecule has 2 aliphatic carbocycles. The smallest absolute Gasteiger partial charge is 0.346 e. The van der Waals surface area contributed by atoms with Crippen molar-refractivity contribution in [1.29, 1.82) is 0 Å². The molecule has 0 radical (unpaired) electrons. The SMILES string of the molecule is C=CCNC(=O)C(=O)C(CCC)NC(=O)[C@@H]1C[C@@H](C(F)(F)F)CN1C(=O)[C@@H](NC(=O)NC1(CS(=O)(=O)C(C)(C)C)CCCCC1)C1CCCCC1. The van der Waals surface area contributed by atoms with Gasteiger partial charge < -0.3 is 26.2 Å². The number of hydrogen-bond acceptors (Lipinski definition) is 7. The molecule has 0 bridgehead atoms. The van der Waals surface area contributed by atoms with Gasteiger partial charge in [-0.25, -0.2) is 13.2 Å². The van der Waals surface area contributed by atoms with Gasteiger partial charge in [0.2, 0.25) is 17.6 Å². The highest BCUT2D eigenvalue weighted by Crippen LogP contribution is 2.38. The Bertz CT molecular complexity index is 1390. The summed E-state index contributed by atoms with van der Waals surface area (Å²) in [5.41, 5.74) is -1.09. The fourth-order valence-corrected chi connectivity index (χ4v) is 8.88. The molecule has 0 aromatic heterocycles. The van der Waals surface area contributed by atoms with Gasteiger partial charge >= 0.3 is 12.2 Å². The predicted molar refractivity (Wildman–Crippen MR) is 186 cm³/mol. The summed E-state index contributed by atoms with van der Waals surface area (Å²) in [5.74, 6) is -6.59. The van der Waals surface area contributed by atoms with E-state index in [0.29, 0.717) is 44.9 Å². The van der Waals surface area contributed by atoms with E-state index in [1.165, 1.54) is 6.08 Å². The average molecular weight is 748 g/mol. The van der Waals surface area contributed by atoms with Crippen LogP contribution in [-0.4, -0.2) is 96.3 Å². The molecule has 1 saturated heterocycles. The molecule has 51 heavy (non-hydrogen) atoms. The summed E-state index contributed by atoms with van der Waals surface area (Å²) in [6, 6.07) is -5.03. The summed E-state index contributed by atoms with van der Waals surface area (Å²) in [6.45, 7) is 9.11. The topological polar surface area (TPSA) is 171 Å². The van der Waals surface area contributed by atoms with Crippen molar-refractivity contribution < 1.29 is 45.6 Å². The van der Waals surface area contributed by atoms with Crippen LogP contribution in [-0.2, 0) is 29.0 Å². The summed E-state index contributed by atoms with van der Waals surface area (Å²) < 4.78 is 68.0. The van der Waals surface area contributed by atoms with Crippen LogP contribution in [0.25, 0.3) is 0 Å². The van der Waals surface area contributed by atoms with Crippen LogP contribution in [0.15, 0.2) is 12.7 Å². The molecule has 1 unspecified atom stereocenters. The molecule has 2 saturated carbocycles. The third kappa shape index (κ3) is 11.2. The summed E-state index contributed by atoms with van der Waals surface area (Å²) in [5, 5.41) is 10.4. The Morgan fingerprint density at radius 3 is 2.12 bits per heavy atom. The van der Waals surface area contributed by atoms with E-state index in [4.69, 9.17) is 0 Å². The first-order chi connectivity index (χ1) is 23.7. The number of nitrogens with zero attached hydrogens (tertiary/aromatic N) is 1.